The topological polar surface area (TPSA) is 105 Å². The largest absolute Gasteiger partial charge is 0.471 e. The molecule has 0 saturated carbocycles. The van der Waals surface area contributed by atoms with E-state index in [9.17, 15) is 14.5 Å². The average Bonchev–Trinajstić information content (AvgIpc) is 2.35. The number of alkyl halides is 1. The lowest BCUT2D eigenvalue weighted by molar-refractivity contribution is -0.136. The van der Waals surface area contributed by atoms with Crippen molar-refractivity contribution in [3.05, 3.63) is 0 Å². The van der Waals surface area contributed by atoms with Crippen LogP contribution in [-0.4, -0.2) is 46.2 Å². The molecule has 0 spiro atoms. The number of carbonyl (C=O) groups excluding carboxylic acids is 1. The van der Waals surface area contributed by atoms with E-state index in [0.29, 0.717) is 10.5 Å². The number of amides is 1. The molecule has 0 aromatic heterocycles. The summed E-state index contributed by atoms with van der Waals surface area (Å²) in [6, 6.07) is 0. The van der Waals surface area contributed by atoms with Crippen LogP contribution in [0.2, 0.25) is 0 Å². The number of rotatable bonds is 9. The normalized spacial score (nSPS) is 18.1. The van der Waals surface area contributed by atoms with Gasteiger partial charge in [-0.25, -0.2) is 4.57 Å². The summed E-state index contributed by atoms with van der Waals surface area (Å²) in [6.07, 6.45) is -0.547. The minimum absolute atomic E-state index is 0.286. The number of hydrogen-bond donors (Lipinski definition) is 3. The SMILES string of the molecule is COP(=O)(O)OCC(C)(C)C(O)C(=O)NCCC(C)I. The summed E-state index contributed by atoms with van der Waals surface area (Å²) in [7, 11) is -3.07. The van der Waals surface area contributed by atoms with Gasteiger partial charge in [-0.2, -0.15) is 0 Å². The van der Waals surface area contributed by atoms with Gasteiger partial charge in [0.05, 0.1) is 6.61 Å². The van der Waals surface area contributed by atoms with Crippen molar-refractivity contribution in [3.8, 4) is 0 Å². The zero-order chi connectivity index (χ0) is 16.0. The minimum Gasteiger partial charge on any atom is -0.383 e. The summed E-state index contributed by atoms with van der Waals surface area (Å²) in [5.41, 5.74) is -1.02. The summed E-state index contributed by atoms with van der Waals surface area (Å²) in [6.45, 7) is 5.32. The molecule has 0 rings (SSSR count). The van der Waals surface area contributed by atoms with Crippen LogP contribution in [0, 0.1) is 5.41 Å². The average molecular weight is 423 g/mol. The van der Waals surface area contributed by atoms with Gasteiger partial charge in [0, 0.05) is 23.0 Å². The summed E-state index contributed by atoms with van der Waals surface area (Å²) >= 11 is 2.24. The van der Waals surface area contributed by atoms with Gasteiger partial charge in [-0.1, -0.05) is 43.4 Å². The molecule has 0 aliphatic heterocycles. The second-order valence-corrected chi connectivity index (χ2v) is 8.86. The van der Waals surface area contributed by atoms with Gasteiger partial charge < -0.3 is 15.3 Å². The van der Waals surface area contributed by atoms with Crippen LogP contribution < -0.4 is 5.32 Å². The summed E-state index contributed by atoms with van der Waals surface area (Å²) in [5.74, 6) is -0.527. The van der Waals surface area contributed by atoms with Crippen LogP contribution in [0.4, 0.5) is 0 Å². The van der Waals surface area contributed by atoms with Gasteiger partial charge in [0.15, 0.2) is 0 Å². The lowest BCUT2D eigenvalue weighted by Gasteiger charge is -2.29. The predicted octanol–water partition coefficient (Wildman–Crippen LogP) is 1.47. The number of phosphoric acid groups is 1. The molecular weight excluding hydrogens is 400 g/mol. The second-order valence-electron chi connectivity index (χ2n) is 5.18. The molecule has 0 aliphatic rings. The van der Waals surface area contributed by atoms with Gasteiger partial charge in [-0.05, 0) is 6.42 Å². The lowest BCUT2D eigenvalue weighted by Crippen LogP contribution is -2.46. The van der Waals surface area contributed by atoms with E-state index in [1.807, 2.05) is 6.92 Å². The molecule has 20 heavy (non-hydrogen) atoms. The summed E-state index contributed by atoms with van der Waals surface area (Å²) < 4.78 is 20.6. The Hall–Kier alpha value is 0.270. The first-order chi connectivity index (χ1) is 9.02. The standard InChI is InChI=1S/C11H23INO6P/c1-8(12)5-6-13-10(15)9(14)11(2,3)7-19-20(16,17)18-4/h8-9,14H,5-7H2,1-4H3,(H,13,15)(H,16,17). The summed E-state index contributed by atoms with van der Waals surface area (Å²) in [4.78, 5) is 20.9. The number of halogens is 1. The van der Waals surface area contributed by atoms with Gasteiger partial charge in [0.2, 0.25) is 5.91 Å². The maximum absolute atomic E-state index is 11.8. The molecule has 0 radical (unpaired) electrons. The lowest BCUT2D eigenvalue weighted by atomic mass is 9.87. The Bertz CT molecular complexity index is 363. The third-order valence-corrected chi connectivity index (χ3v) is 4.20. The number of carbonyl (C=O) groups is 1. The fraction of sp³-hybridized carbons (Fsp3) is 0.909. The van der Waals surface area contributed by atoms with Gasteiger partial charge >= 0.3 is 7.82 Å². The second kappa shape index (κ2) is 8.65. The number of phosphoric ester groups is 1. The zero-order valence-electron chi connectivity index (χ0n) is 12.1. The van der Waals surface area contributed by atoms with Crippen molar-refractivity contribution in [2.45, 2.75) is 37.2 Å². The van der Waals surface area contributed by atoms with E-state index in [1.54, 1.807) is 13.8 Å². The van der Waals surface area contributed by atoms with E-state index in [4.69, 9.17) is 9.42 Å². The van der Waals surface area contributed by atoms with Crippen LogP contribution in [-0.2, 0) is 18.4 Å². The molecule has 0 bridgehead atoms. The number of aliphatic hydroxyl groups is 1. The Kier molecular flexibility index (Phi) is 8.77. The van der Waals surface area contributed by atoms with Crippen molar-refractivity contribution in [2.75, 3.05) is 20.3 Å². The highest BCUT2D eigenvalue weighted by molar-refractivity contribution is 14.1. The van der Waals surface area contributed by atoms with Crippen LogP contribution in [0.5, 0.6) is 0 Å². The van der Waals surface area contributed by atoms with Gasteiger partial charge in [0.25, 0.3) is 0 Å². The number of aliphatic hydroxyl groups excluding tert-OH is 1. The fourth-order valence-corrected chi connectivity index (χ4v) is 2.14. The van der Waals surface area contributed by atoms with E-state index in [-0.39, 0.29) is 6.61 Å². The van der Waals surface area contributed by atoms with Crippen LogP contribution in [0.15, 0.2) is 0 Å². The monoisotopic (exact) mass is 423 g/mol. The Balaban J connectivity index is 4.38. The molecule has 3 N–H and O–H groups in total. The Morgan fingerprint density at radius 3 is 2.50 bits per heavy atom. The van der Waals surface area contributed by atoms with E-state index in [2.05, 4.69) is 32.4 Å². The van der Waals surface area contributed by atoms with Crippen molar-refractivity contribution < 1.29 is 28.4 Å². The van der Waals surface area contributed by atoms with Crippen molar-refractivity contribution in [1.29, 1.82) is 0 Å². The number of nitrogens with one attached hydrogen (secondary N) is 1. The Labute approximate surface area is 133 Å². The first kappa shape index (κ1) is 20.3. The van der Waals surface area contributed by atoms with Crippen LogP contribution in [0.3, 0.4) is 0 Å². The van der Waals surface area contributed by atoms with Gasteiger partial charge in [-0.3, -0.25) is 13.8 Å². The number of hydrogen-bond acceptors (Lipinski definition) is 5. The molecule has 0 saturated heterocycles. The molecule has 0 fully saturated rings. The fourth-order valence-electron chi connectivity index (χ4n) is 1.23. The highest BCUT2D eigenvalue weighted by Crippen LogP contribution is 2.43. The van der Waals surface area contributed by atoms with Crippen molar-refractivity contribution in [1.82, 2.24) is 5.32 Å². The molecule has 9 heteroatoms. The smallest absolute Gasteiger partial charge is 0.383 e. The first-order valence-electron chi connectivity index (χ1n) is 6.15. The maximum atomic E-state index is 11.8. The third-order valence-electron chi connectivity index (χ3n) is 2.66. The molecule has 3 atom stereocenters. The minimum atomic E-state index is -4.12. The van der Waals surface area contributed by atoms with Crippen LogP contribution in [0.25, 0.3) is 0 Å². The third kappa shape index (κ3) is 7.90. The summed E-state index contributed by atoms with van der Waals surface area (Å²) in [5, 5.41) is 12.6. The molecule has 7 nitrogen and oxygen atoms in total. The van der Waals surface area contributed by atoms with Crippen molar-refractivity contribution in [2.24, 2.45) is 5.41 Å². The molecule has 0 aromatic carbocycles. The Morgan fingerprint density at radius 2 is 2.05 bits per heavy atom. The first-order valence-corrected chi connectivity index (χ1v) is 8.89. The predicted molar refractivity (Wildman–Crippen MR) is 83.7 cm³/mol. The molecule has 0 heterocycles. The quantitative estimate of drug-likeness (QED) is 0.295. The zero-order valence-corrected chi connectivity index (χ0v) is 15.2. The molecule has 0 aliphatic carbocycles. The molecule has 3 unspecified atom stereocenters. The van der Waals surface area contributed by atoms with Crippen molar-refractivity contribution in [3.63, 3.8) is 0 Å². The maximum Gasteiger partial charge on any atom is 0.471 e. The molecule has 0 aromatic rings. The van der Waals surface area contributed by atoms with Gasteiger partial charge in [-0.15, -0.1) is 0 Å². The van der Waals surface area contributed by atoms with E-state index in [0.717, 1.165) is 13.5 Å². The van der Waals surface area contributed by atoms with E-state index in [1.165, 1.54) is 0 Å². The highest BCUT2D eigenvalue weighted by atomic mass is 127. The van der Waals surface area contributed by atoms with Crippen LogP contribution >= 0.6 is 30.4 Å². The van der Waals surface area contributed by atoms with Gasteiger partial charge in [0.1, 0.15) is 6.10 Å². The molecule has 120 valence electrons. The molecule has 1 amide bonds. The molecular formula is C11H23INO6P. The van der Waals surface area contributed by atoms with E-state index >= 15 is 0 Å². The highest BCUT2D eigenvalue weighted by Gasteiger charge is 2.36. The Morgan fingerprint density at radius 1 is 1.50 bits per heavy atom. The van der Waals surface area contributed by atoms with Crippen LogP contribution in [0.1, 0.15) is 27.2 Å². The van der Waals surface area contributed by atoms with E-state index < -0.39 is 25.2 Å². The van der Waals surface area contributed by atoms with Crippen molar-refractivity contribution >= 4 is 36.3 Å².